The van der Waals surface area contributed by atoms with Gasteiger partial charge in [0.05, 0.1) is 6.26 Å². The van der Waals surface area contributed by atoms with Gasteiger partial charge in [0.15, 0.2) is 0 Å². The molecule has 1 fully saturated rings. The quantitative estimate of drug-likeness (QED) is 0.897. The van der Waals surface area contributed by atoms with Crippen LogP contribution in [0.1, 0.15) is 37.8 Å². The third-order valence-corrected chi connectivity index (χ3v) is 4.20. The molecule has 2 aromatic rings. The summed E-state index contributed by atoms with van der Waals surface area (Å²) < 4.78 is 11.2. The molecule has 1 atom stereocenters. The summed E-state index contributed by atoms with van der Waals surface area (Å²) in [5, 5.41) is 4.96. The van der Waals surface area contributed by atoms with Crippen molar-refractivity contribution in [1.82, 2.24) is 5.32 Å². The molecule has 0 aliphatic carbocycles. The van der Waals surface area contributed by atoms with Crippen molar-refractivity contribution in [3.8, 4) is 0 Å². The minimum Gasteiger partial charge on any atom is -0.464 e. The molecule has 1 aromatic heterocycles. The lowest BCUT2D eigenvalue weighted by Gasteiger charge is -2.30. The molecule has 0 spiro atoms. The molecule has 1 unspecified atom stereocenters. The number of hydrogen-bond donors (Lipinski definition) is 1. The van der Waals surface area contributed by atoms with E-state index in [1.807, 2.05) is 18.4 Å². The maximum absolute atomic E-state index is 5.73. The highest BCUT2D eigenvalue weighted by Crippen LogP contribution is 2.35. The van der Waals surface area contributed by atoms with E-state index in [4.69, 9.17) is 9.15 Å². The van der Waals surface area contributed by atoms with Crippen molar-refractivity contribution in [2.24, 2.45) is 5.92 Å². The van der Waals surface area contributed by atoms with Gasteiger partial charge in [-0.1, -0.05) is 25.1 Å². The van der Waals surface area contributed by atoms with Gasteiger partial charge in [-0.3, -0.25) is 0 Å². The Morgan fingerprint density at radius 2 is 2.05 bits per heavy atom. The van der Waals surface area contributed by atoms with Gasteiger partial charge < -0.3 is 14.5 Å². The lowest BCUT2D eigenvalue weighted by molar-refractivity contribution is 0.0537. The van der Waals surface area contributed by atoms with Crippen LogP contribution in [0.5, 0.6) is 0 Å². The van der Waals surface area contributed by atoms with Gasteiger partial charge in [-0.15, -0.1) is 0 Å². The Labute approximate surface area is 120 Å². The van der Waals surface area contributed by atoms with Crippen LogP contribution in [-0.2, 0) is 4.74 Å². The summed E-state index contributed by atoms with van der Waals surface area (Å²) in [6.07, 6.45) is 5.34. The fourth-order valence-corrected chi connectivity index (χ4v) is 3.12. The van der Waals surface area contributed by atoms with E-state index in [0.717, 1.165) is 44.6 Å². The zero-order chi connectivity index (χ0) is 13.8. The van der Waals surface area contributed by atoms with Crippen molar-refractivity contribution in [3.05, 3.63) is 36.1 Å². The molecule has 0 amide bonds. The standard InChI is InChI=1S/C17H23NO2/c1-2-9-18-17(13-7-10-19-11-8-13)15-12-20-16-6-4-3-5-14(15)16/h3-6,12-13,17-18H,2,7-11H2,1H3. The lowest BCUT2D eigenvalue weighted by atomic mass is 9.87. The maximum Gasteiger partial charge on any atom is 0.134 e. The molecule has 108 valence electrons. The van der Waals surface area contributed by atoms with Crippen LogP contribution < -0.4 is 5.32 Å². The van der Waals surface area contributed by atoms with Crippen molar-refractivity contribution in [2.75, 3.05) is 19.8 Å². The van der Waals surface area contributed by atoms with E-state index in [0.29, 0.717) is 12.0 Å². The van der Waals surface area contributed by atoms with Gasteiger partial charge in [-0.2, -0.15) is 0 Å². The highest BCUT2D eigenvalue weighted by Gasteiger charge is 2.27. The highest BCUT2D eigenvalue weighted by atomic mass is 16.5. The summed E-state index contributed by atoms with van der Waals surface area (Å²) in [7, 11) is 0. The Balaban J connectivity index is 1.90. The van der Waals surface area contributed by atoms with Crippen molar-refractivity contribution in [3.63, 3.8) is 0 Å². The number of fused-ring (bicyclic) bond motifs is 1. The number of hydrogen-bond acceptors (Lipinski definition) is 3. The molecular formula is C17H23NO2. The van der Waals surface area contributed by atoms with Crippen LogP contribution in [0, 0.1) is 5.92 Å². The average Bonchev–Trinajstić information content (AvgIpc) is 2.93. The topological polar surface area (TPSA) is 34.4 Å². The summed E-state index contributed by atoms with van der Waals surface area (Å²) in [6.45, 7) is 5.01. The highest BCUT2D eigenvalue weighted by molar-refractivity contribution is 5.81. The average molecular weight is 273 g/mol. The van der Waals surface area contributed by atoms with Crippen molar-refractivity contribution in [2.45, 2.75) is 32.2 Å². The first-order valence-corrected chi connectivity index (χ1v) is 7.67. The molecule has 1 aliphatic rings. The molecule has 0 bridgehead atoms. The third kappa shape index (κ3) is 2.74. The lowest BCUT2D eigenvalue weighted by Crippen LogP contribution is -2.32. The molecular weight excluding hydrogens is 250 g/mol. The molecule has 0 radical (unpaired) electrons. The largest absolute Gasteiger partial charge is 0.464 e. The predicted octanol–water partition coefficient (Wildman–Crippen LogP) is 3.90. The summed E-state index contributed by atoms with van der Waals surface area (Å²) >= 11 is 0. The SMILES string of the molecule is CCCNC(c1coc2ccccc12)C1CCOCC1. The second-order valence-corrected chi connectivity index (χ2v) is 5.57. The molecule has 1 N–H and O–H groups in total. The second-order valence-electron chi connectivity index (χ2n) is 5.57. The third-order valence-electron chi connectivity index (χ3n) is 4.20. The Kier molecular flexibility index (Phi) is 4.38. The van der Waals surface area contributed by atoms with E-state index in [1.165, 1.54) is 10.9 Å². The molecule has 1 saturated heterocycles. The normalized spacial score (nSPS) is 18.4. The van der Waals surface area contributed by atoms with Gasteiger partial charge in [0.1, 0.15) is 5.58 Å². The fraction of sp³-hybridized carbons (Fsp3) is 0.529. The minimum atomic E-state index is 0.377. The van der Waals surface area contributed by atoms with E-state index < -0.39 is 0 Å². The van der Waals surface area contributed by atoms with Crippen LogP contribution in [0.3, 0.4) is 0 Å². The molecule has 0 saturated carbocycles. The van der Waals surface area contributed by atoms with Gasteiger partial charge in [0.2, 0.25) is 0 Å². The van der Waals surface area contributed by atoms with E-state index in [1.54, 1.807) is 0 Å². The molecule has 3 nitrogen and oxygen atoms in total. The second kappa shape index (κ2) is 6.42. The predicted molar refractivity (Wildman–Crippen MR) is 80.8 cm³/mol. The first-order valence-electron chi connectivity index (χ1n) is 7.67. The number of benzene rings is 1. The smallest absolute Gasteiger partial charge is 0.134 e. The Bertz CT molecular complexity index is 543. The van der Waals surface area contributed by atoms with Gasteiger partial charge in [-0.25, -0.2) is 0 Å². The van der Waals surface area contributed by atoms with Gasteiger partial charge in [0.25, 0.3) is 0 Å². The number of ether oxygens (including phenoxy) is 1. The zero-order valence-electron chi connectivity index (χ0n) is 12.1. The van der Waals surface area contributed by atoms with Crippen LogP contribution in [-0.4, -0.2) is 19.8 Å². The van der Waals surface area contributed by atoms with Crippen LogP contribution in [0.15, 0.2) is 34.9 Å². The fourth-order valence-electron chi connectivity index (χ4n) is 3.12. The Morgan fingerprint density at radius 3 is 2.85 bits per heavy atom. The zero-order valence-corrected chi connectivity index (χ0v) is 12.1. The van der Waals surface area contributed by atoms with E-state index in [9.17, 15) is 0 Å². The van der Waals surface area contributed by atoms with Crippen LogP contribution in [0.25, 0.3) is 11.0 Å². The number of para-hydroxylation sites is 1. The van der Waals surface area contributed by atoms with Crippen molar-refractivity contribution in [1.29, 1.82) is 0 Å². The monoisotopic (exact) mass is 273 g/mol. The summed E-state index contributed by atoms with van der Waals surface area (Å²) in [5.74, 6) is 0.635. The van der Waals surface area contributed by atoms with E-state index in [2.05, 4.69) is 24.4 Å². The Hall–Kier alpha value is -1.32. The number of nitrogens with one attached hydrogen (secondary N) is 1. The van der Waals surface area contributed by atoms with E-state index in [-0.39, 0.29) is 0 Å². The molecule has 1 aromatic carbocycles. The van der Waals surface area contributed by atoms with Crippen molar-refractivity contribution < 1.29 is 9.15 Å². The molecule has 2 heterocycles. The van der Waals surface area contributed by atoms with Gasteiger partial charge >= 0.3 is 0 Å². The molecule has 3 heteroatoms. The summed E-state index contributed by atoms with van der Waals surface area (Å²) in [4.78, 5) is 0. The first kappa shape index (κ1) is 13.7. The number of furan rings is 1. The van der Waals surface area contributed by atoms with Crippen LogP contribution >= 0.6 is 0 Å². The van der Waals surface area contributed by atoms with Crippen LogP contribution in [0.4, 0.5) is 0 Å². The Morgan fingerprint density at radius 1 is 1.25 bits per heavy atom. The molecule has 20 heavy (non-hydrogen) atoms. The van der Waals surface area contributed by atoms with Crippen LogP contribution in [0.2, 0.25) is 0 Å². The molecule has 3 rings (SSSR count). The summed E-state index contributed by atoms with van der Waals surface area (Å²) in [6, 6.07) is 8.69. The number of rotatable bonds is 5. The minimum absolute atomic E-state index is 0.377. The summed E-state index contributed by atoms with van der Waals surface area (Å²) in [5.41, 5.74) is 2.29. The van der Waals surface area contributed by atoms with Gasteiger partial charge in [-0.05, 0) is 37.8 Å². The van der Waals surface area contributed by atoms with E-state index >= 15 is 0 Å². The maximum atomic E-state index is 5.73. The first-order chi connectivity index (χ1) is 9.90. The molecule has 1 aliphatic heterocycles. The van der Waals surface area contributed by atoms with Crippen molar-refractivity contribution >= 4 is 11.0 Å². The van der Waals surface area contributed by atoms with Gasteiger partial charge in [0, 0.05) is 30.2 Å².